The SMILES string of the molecule is CCC12CCN(C(C)C)CC1[N+]2(C)C(=O)OC(C)(C)C. The minimum atomic E-state index is -0.406. The molecule has 0 bridgehead atoms. The first-order valence-electron chi connectivity index (χ1n) is 7.92. The second-order valence-corrected chi connectivity index (χ2v) is 7.87. The van der Waals surface area contributed by atoms with Crippen LogP contribution < -0.4 is 0 Å². The molecule has 2 fully saturated rings. The van der Waals surface area contributed by atoms with Gasteiger partial charge in [0.05, 0.1) is 13.6 Å². The molecule has 0 aromatic heterocycles. The Morgan fingerprint density at radius 3 is 2.50 bits per heavy atom. The van der Waals surface area contributed by atoms with Crippen molar-refractivity contribution < 1.29 is 14.0 Å². The molecule has 2 aliphatic rings. The molecule has 0 aliphatic carbocycles. The number of carbonyl (C=O) groups is 1. The van der Waals surface area contributed by atoms with Crippen LogP contribution in [0, 0.1) is 0 Å². The molecule has 0 N–H and O–H groups in total. The fourth-order valence-electron chi connectivity index (χ4n) is 4.03. The van der Waals surface area contributed by atoms with Crippen molar-refractivity contribution in [3.63, 3.8) is 0 Å². The third-order valence-electron chi connectivity index (χ3n) is 5.46. The van der Waals surface area contributed by atoms with Crippen molar-refractivity contribution in [2.45, 2.75) is 77.6 Å². The van der Waals surface area contributed by atoms with Crippen LogP contribution in [0.1, 0.15) is 54.4 Å². The van der Waals surface area contributed by atoms with Crippen LogP contribution in [-0.4, -0.2) is 58.8 Å². The standard InChI is InChI=1S/C16H31N2O2/c1-8-16-9-10-17(12(2)3)11-13(16)18(16,7)14(19)20-15(4,5)6/h12-13H,8-11H2,1-7H3/q+1. The molecule has 3 atom stereocenters. The van der Waals surface area contributed by atoms with Crippen LogP contribution in [-0.2, 0) is 4.74 Å². The van der Waals surface area contributed by atoms with Crippen LogP contribution in [0.15, 0.2) is 0 Å². The zero-order valence-corrected chi connectivity index (χ0v) is 14.2. The van der Waals surface area contributed by atoms with E-state index in [1.165, 1.54) is 0 Å². The Bertz CT molecular complexity index is 402. The molecule has 20 heavy (non-hydrogen) atoms. The Kier molecular flexibility index (Phi) is 3.71. The summed E-state index contributed by atoms with van der Waals surface area (Å²) in [6.45, 7) is 14.6. The van der Waals surface area contributed by atoms with Crippen molar-refractivity contribution in [2.24, 2.45) is 0 Å². The summed E-state index contributed by atoms with van der Waals surface area (Å²) in [5.74, 6) is 0. The lowest BCUT2D eigenvalue weighted by atomic mass is 9.93. The molecule has 2 aliphatic heterocycles. The zero-order chi connectivity index (χ0) is 15.3. The summed E-state index contributed by atoms with van der Waals surface area (Å²) in [4.78, 5) is 15.2. The minimum Gasteiger partial charge on any atom is -0.414 e. The first-order chi connectivity index (χ1) is 9.08. The number of quaternary nitrogens is 1. The zero-order valence-electron chi connectivity index (χ0n) is 14.2. The number of rotatable bonds is 2. The van der Waals surface area contributed by atoms with E-state index in [0.717, 1.165) is 25.9 Å². The highest BCUT2D eigenvalue weighted by molar-refractivity contribution is 5.64. The van der Waals surface area contributed by atoms with Gasteiger partial charge in [-0.25, -0.2) is 4.48 Å². The number of nitrogens with zero attached hydrogens (tertiary/aromatic N) is 2. The fraction of sp³-hybridized carbons (Fsp3) is 0.938. The number of likely N-dealkylation sites (tertiary alicyclic amines) is 1. The largest absolute Gasteiger partial charge is 0.517 e. The average Bonchev–Trinajstić information content (AvgIpc) is 2.89. The fourth-order valence-corrected chi connectivity index (χ4v) is 4.03. The molecular weight excluding hydrogens is 252 g/mol. The number of piperidine rings is 1. The summed E-state index contributed by atoms with van der Waals surface area (Å²) in [5.41, 5.74) is -0.287. The molecule has 4 nitrogen and oxygen atoms in total. The van der Waals surface area contributed by atoms with Crippen molar-refractivity contribution in [1.82, 2.24) is 4.90 Å². The maximum absolute atomic E-state index is 12.7. The summed E-state index contributed by atoms with van der Waals surface area (Å²) < 4.78 is 6.17. The monoisotopic (exact) mass is 283 g/mol. The Balaban J connectivity index is 2.18. The van der Waals surface area contributed by atoms with Crippen molar-refractivity contribution in [1.29, 1.82) is 0 Å². The van der Waals surface area contributed by atoms with Crippen LogP contribution in [0.2, 0.25) is 0 Å². The van der Waals surface area contributed by atoms with Crippen molar-refractivity contribution in [3.05, 3.63) is 0 Å². The molecule has 2 saturated heterocycles. The summed E-state index contributed by atoms with van der Waals surface area (Å²) >= 11 is 0. The normalized spacial score (nSPS) is 37.7. The molecule has 0 aromatic carbocycles. The first kappa shape index (κ1) is 15.8. The van der Waals surface area contributed by atoms with E-state index in [1.54, 1.807) is 0 Å². The number of amides is 1. The molecule has 0 spiro atoms. The van der Waals surface area contributed by atoms with Crippen molar-refractivity contribution >= 4 is 6.09 Å². The maximum atomic E-state index is 12.7. The number of hydrogen-bond donors (Lipinski definition) is 0. The Labute approximate surface area is 123 Å². The van der Waals surface area contributed by atoms with Gasteiger partial charge in [-0.3, -0.25) is 4.90 Å². The molecule has 4 heteroatoms. The molecule has 0 saturated carbocycles. The second-order valence-electron chi connectivity index (χ2n) is 7.87. The molecule has 2 rings (SSSR count). The third kappa shape index (κ3) is 2.17. The molecule has 1 amide bonds. The van der Waals surface area contributed by atoms with Gasteiger partial charge in [-0.2, -0.15) is 4.79 Å². The highest BCUT2D eigenvalue weighted by Gasteiger charge is 2.81. The van der Waals surface area contributed by atoms with Gasteiger partial charge in [0.15, 0.2) is 11.6 Å². The smallest absolute Gasteiger partial charge is 0.414 e. The quantitative estimate of drug-likeness (QED) is 0.576. The number of carbonyl (C=O) groups excluding carboxylic acids is 1. The van der Waals surface area contributed by atoms with Gasteiger partial charge in [-0.1, -0.05) is 6.92 Å². The van der Waals surface area contributed by atoms with E-state index in [4.69, 9.17) is 4.74 Å². The van der Waals surface area contributed by atoms with Crippen LogP contribution in [0.4, 0.5) is 4.79 Å². The maximum Gasteiger partial charge on any atom is 0.517 e. The molecule has 0 radical (unpaired) electrons. The van der Waals surface area contributed by atoms with Gasteiger partial charge in [0.1, 0.15) is 5.60 Å². The van der Waals surface area contributed by atoms with Gasteiger partial charge in [0.2, 0.25) is 0 Å². The number of likely N-dealkylation sites (N-methyl/N-ethyl adjacent to an activating group) is 1. The van der Waals surface area contributed by atoms with E-state index in [2.05, 4.69) is 32.7 Å². The van der Waals surface area contributed by atoms with Gasteiger partial charge in [-0.15, -0.1) is 0 Å². The molecule has 0 aromatic rings. The van der Waals surface area contributed by atoms with Gasteiger partial charge in [0, 0.05) is 25.4 Å². The molecule has 2 heterocycles. The van der Waals surface area contributed by atoms with E-state index in [0.29, 0.717) is 16.6 Å². The molecule has 3 unspecified atom stereocenters. The summed E-state index contributed by atoms with van der Waals surface area (Å²) in [7, 11) is 2.08. The Morgan fingerprint density at radius 2 is 2.05 bits per heavy atom. The van der Waals surface area contributed by atoms with Gasteiger partial charge in [0.25, 0.3) is 0 Å². The first-order valence-corrected chi connectivity index (χ1v) is 7.92. The highest BCUT2D eigenvalue weighted by Crippen LogP contribution is 2.57. The highest BCUT2D eigenvalue weighted by atomic mass is 16.6. The Hall–Kier alpha value is -0.610. The lowest BCUT2D eigenvalue weighted by Crippen LogP contribution is -2.43. The van der Waals surface area contributed by atoms with Gasteiger partial charge in [-0.05, 0) is 34.6 Å². The molecule has 116 valence electrons. The number of hydrogen-bond acceptors (Lipinski definition) is 3. The van der Waals surface area contributed by atoms with Crippen LogP contribution in [0.5, 0.6) is 0 Å². The van der Waals surface area contributed by atoms with Crippen molar-refractivity contribution in [2.75, 3.05) is 20.1 Å². The Morgan fingerprint density at radius 1 is 1.45 bits per heavy atom. The van der Waals surface area contributed by atoms with Crippen molar-refractivity contribution in [3.8, 4) is 0 Å². The molecular formula is C16H31N2O2+. The second kappa shape index (κ2) is 4.70. The summed E-state index contributed by atoms with van der Waals surface area (Å²) in [6.07, 6.45) is 2.11. The van der Waals surface area contributed by atoms with E-state index >= 15 is 0 Å². The predicted molar refractivity (Wildman–Crippen MR) is 80.6 cm³/mol. The van der Waals surface area contributed by atoms with E-state index < -0.39 is 5.60 Å². The van der Waals surface area contributed by atoms with E-state index in [1.807, 2.05) is 20.8 Å². The van der Waals surface area contributed by atoms with Crippen LogP contribution in [0.3, 0.4) is 0 Å². The predicted octanol–water partition coefficient (Wildman–Crippen LogP) is 3.01. The van der Waals surface area contributed by atoms with Gasteiger partial charge < -0.3 is 4.74 Å². The number of fused-ring (bicyclic) bond motifs is 1. The number of ether oxygens (including phenoxy) is 1. The van der Waals surface area contributed by atoms with Crippen LogP contribution in [0.25, 0.3) is 0 Å². The lowest BCUT2D eigenvalue weighted by molar-refractivity contribution is -0.745. The average molecular weight is 283 g/mol. The topological polar surface area (TPSA) is 29.5 Å². The van der Waals surface area contributed by atoms with Gasteiger partial charge >= 0.3 is 6.09 Å². The summed E-state index contributed by atoms with van der Waals surface area (Å²) in [5, 5.41) is 0. The van der Waals surface area contributed by atoms with E-state index in [-0.39, 0.29) is 11.6 Å². The third-order valence-corrected chi connectivity index (χ3v) is 5.46. The lowest BCUT2D eigenvalue weighted by Gasteiger charge is -2.29. The summed E-state index contributed by atoms with van der Waals surface area (Å²) in [6, 6.07) is 0.955. The van der Waals surface area contributed by atoms with Crippen LogP contribution >= 0.6 is 0 Å². The van der Waals surface area contributed by atoms with E-state index in [9.17, 15) is 4.79 Å². The minimum absolute atomic E-state index is 0.0463.